The van der Waals surface area contributed by atoms with Crippen molar-refractivity contribution in [2.45, 2.75) is 186 Å². The molecule has 16 heteroatoms. The molecule has 3 rings (SSSR count). The molecule has 4 atom stereocenters. The number of rotatable bonds is 37. The van der Waals surface area contributed by atoms with Gasteiger partial charge in [0.15, 0.2) is 23.2 Å². The van der Waals surface area contributed by atoms with E-state index < -0.39 is 50.1 Å². The van der Waals surface area contributed by atoms with Crippen LogP contribution in [0.15, 0.2) is 36.7 Å². The Morgan fingerprint density at radius 3 is 1.91 bits per heavy atom. The minimum absolute atomic E-state index is 0.0434. The number of carbonyl (C=O) groups is 2. The Balaban J connectivity index is 1.72. The molecule has 0 fully saturated rings. The Morgan fingerprint density at radius 1 is 0.844 bits per heavy atom. The van der Waals surface area contributed by atoms with Gasteiger partial charge in [-0.15, -0.1) is 6.42 Å². The van der Waals surface area contributed by atoms with Crippen LogP contribution in [-0.4, -0.2) is 76.1 Å². The van der Waals surface area contributed by atoms with Gasteiger partial charge < -0.3 is 24.5 Å². The van der Waals surface area contributed by atoms with Crippen LogP contribution in [0.3, 0.4) is 0 Å². The van der Waals surface area contributed by atoms with E-state index in [0.717, 1.165) is 44.1 Å². The zero-order chi connectivity index (χ0) is 46.5. The normalized spacial score (nSPS) is 14.4. The standard InChI is InChI=1S/C48H76FN6O8P/c1-6-9-11-13-15-17-19-21-23-28-34-60-45(56)39(4)63-64(58,62-37-48(8-3,59-5)32-33-55-38-51-42-43(50)52-47(49)53-44(42)55)54-41(36-40-30-26-25-27-31-40)46(57)61-35-29-24-22-20-18-16-14-12-10-7-2/h3,25-27,30-31,38-39,41H,6-7,9-24,28-29,32-37H2,1-2,4-5H3,(H,54,58)(H2,50,52,53)/t39-,41-,48-,64?/m0/s1. The average Bonchev–Trinajstić information content (AvgIpc) is 3.70. The van der Waals surface area contributed by atoms with E-state index in [9.17, 15) is 18.5 Å². The highest BCUT2D eigenvalue weighted by Crippen LogP contribution is 2.47. The van der Waals surface area contributed by atoms with E-state index in [2.05, 4.69) is 39.8 Å². The number of carbonyl (C=O) groups excluding carboxylic acids is 2. The minimum atomic E-state index is -4.60. The summed E-state index contributed by atoms with van der Waals surface area (Å²) < 4.78 is 59.6. The molecule has 14 nitrogen and oxygen atoms in total. The third kappa shape index (κ3) is 20.5. The molecule has 0 aliphatic carbocycles. The first-order chi connectivity index (χ1) is 31.0. The number of ether oxygens (including phenoxy) is 3. The second kappa shape index (κ2) is 31.1. The van der Waals surface area contributed by atoms with Gasteiger partial charge in [-0.25, -0.2) is 19.4 Å². The quantitative estimate of drug-likeness (QED) is 0.0184. The molecule has 0 spiro atoms. The Labute approximate surface area is 381 Å². The molecule has 0 aliphatic heterocycles. The number of benzene rings is 1. The van der Waals surface area contributed by atoms with E-state index in [1.165, 1.54) is 102 Å². The summed E-state index contributed by atoms with van der Waals surface area (Å²) in [5.41, 5.74) is 5.44. The molecule has 2 aromatic heterocycles. The highest BCUT2D eigenvalue weighted by Gasteiger charge is 2.40. The third-order valence-electron chi connectivity index (χ3n) is 11.3. The predicted molar refractivity (Wildman–Crippen MR) is 250 cm³/mol. The lowest BCUT2D eigenvalue weighted by molar-refractivity contribution is -0.151. The number of nitrogen functional groups attached to an aromatic ring is 1. The lowest BCUT2D eigenvalue weighted by Gasteiger charge is -2.31. The lowest BCUT2D eigenvalue weighted by atomic mass is 10.0. The number of nitrogens with two attached hydrogens (primary N) is 1. The van der Waals surface area contributed by atoms with E-state index in [1.54, 1.807) is 0 Å². The Morgan fingerprint density at radius 2 is 1.38 bits per heavy atom. The monoisotopic (exact) mass is 915 g/mol. The molecular weight excluding hydrogens is 839 g/mol. The molecule has 0 bridgehead atoms. The smallest absolute Gasteiger partial charge is 0.407 e. The molecule has 3 aromatic rings. The van der Waals surface area contributed by atoms with E-state index in [4.69, 9.17) is 35.4 Å². The van der Waals surface area contributed by atoms with Gasteiger partial charge in [0.05, 0.1) is 26.1 Å². The molecule has 0 aliphatic rings. The van der Waals surface area contributed by atoms with Gasteiger partial charge in [-0.3, -0.25) is 13.8 Å². The van der Waals surface area contributed by atoms with Gasteiger partial charge in [0, 0.05) is 20.1 Å². The molecule has 1 unspecified atom stereocenters. The van der Waals surface area contributed by atoms with E-state index in [1.807, 2.05) is 30.3 Å². The van der Waals surface area contributed by atoms with Crippen molar-refractivity contribution in [1.82, 2.24) is 24.6 Å². The first kappa shape index (κ1) is 54.4. The molecule has 3 N–H and O–H groups in total. The van der Waals surface area contributed by atoms with Crippen LogP contribution in [0.5, 0.6) is 0 Å². The van der Waals surface area contributed by atoms with Gasteiger partial charge >= 0.3 is 25.8 Å². The number of fused-ring (bicyclic) bond motifs is 1. The van der Waals surface area contributed by atoms with Crippen molar-refractivity contribution in [2.75, 3.05) is 32.7 Å². The van der Waals surface area contributed by atoms with Crippen molar-refractivity contribution in [3.63, 3.8) is 0 Å². The van der Waals surface area contributed by atoms with Crippen LogP contribution >= 0.6 is 7.75 Å². The second-order valence-corrected chi connectivity index (χ2v) is 18.4. The van der Waals surface area contributed by atoms with Crippen LogP contribution in [0.25, 0.3) is 11.2 Å². The summed E-state index contributed by atoms with van der Waals surface area (Å²) >= 11 is 0. The largest absolute Gasteiger partial charge is 0.465 e. The molecule has 0 amide bonds. The number of hydrogen-bond donors (Lipinski definition) is 2. The van der Waals surface area contributed by atoms with Crippen LogP contribution in [0.2, 0.25) is 0 Å². The van der Waals surface area contributed by atoms with Crippen molar-refractivity contribution >= 4 is 36.7 Å². The fourth-order valence-electron chi connectivity index (χ4n) is 7.31. The fraction of sp³-hybridized carbons (Fsp3) is 0.688. The summed E-state index contributed by atoms with van der Waals surface area (Å²) in [6.07, 6.45) is 27.8. The first-order valence-electron chi connectivity index (χ1n) is 23.7. The summed E-state index contributed by atoms with van der Waals surface area (Å²) in [5.74, 6) is 1.08. The van der Waals surface area contributed by atoms with Gasteiger partial charge in [0.25, 0.3) is 0 Å². The van der Waals surface area contributed by atoms with Crippen LogP contribution in [0.4, 0.5) is 10.2 Å². The van der Waals surface area contributed by atoms with Gasteiger partial charge in [-0.1, -0.05) is 166 Å². The summed E-state index contributed by atoms with van der Waals surface area (Å²) in [5, 5.41) is 2.81. The molecule has 64 heavy (non-hydrogen) atoms. The highest BCUT2D eigenvalue weighted by molar-refractivity contribution is 7.51. The van der Waals surface area contributed by atoms with E-state index in [0.29, 0.717) is 12.8 Å². The summed E-state index contributed by atoms with van der Waals surface area (Å²) in [4.78, 5) is 38.6. The number of nitrogens with one attached hydrogen (secondary N) is 1. The Kier molecular flexibility index (Phi) is 26.4. The van der Waals surface area contributed by atoms with Crippen molar-refractivity contribution in [1.29, 1.82) is 0 Å². The molecule has 0 radical (unpaired) electrons. The van der Waals surface area contributed by atoms with Gasteiger partial charge in [-0.2, -0.15) is 14.4 Å². The number of halogens is 1. The lowest BCUT2D eigenvalue weighted by Crippen LogP contribution is -2.42. The first-order valence-corrected chi connectivity index (χ1v) is 25.3. The number of esters is 2. The number of hydrogen-bond acceptors (Lipinski definition) is 12. The van der Waals surface area contributed by atoms with Gasteiger partial charge in [0.2, 0.25) is 0 Å². The number of unbranched alkanes of at least 4 members (excludes halogenated alkanes) is 18. The topological polar surface area (TPSA) is 179 Å². The Hall–Kier alpha value is -3.93. The summed E-state index contributed by atoms with van der Waals surface area (Å²) in [6, 6.07) is 7.99. The van der Waals surface area contributed by atoms with Crippen LogP contribution in [0, 0.1) is 18.4 Å². The number of methoxy groups -OCH3 is 1. The van der Waals surface area contributed by atoms with Crippen LogP contribution in [0.1, 0.15) is 161 Å². The number of terminal acetylenes is 1. The molecule has 1 aromatic carbocycles. The van der Waals surface area contributed by atoms with Crippen molar-refractivity contribution < 1.29 is 41.8 Å². The van der Waals surface area contributed by atoms with E-state index >= 15 is 0 Å². The Bertz CT molecular complexity index is 1860. The van der Waals surface area contributed by atoms with Crippen molar-refractivity contribution in [2.24, 2.45) is 0 Å². The maximum Gasteiger partial charge on any atom is 0.407 e. The van der Waals surface area contributed by atoms with E-state index in [-0.39, 0.29) is 49.6 Å². The zero-order valence-electron chi connectivity index (χ0n) is 39.0. The van der Waals surface area contributed by atoms with Crippen molar-refractivity contribution in [3.8, 4) is 12.3 Å². The molecule has 358 valence electrons. The maximum absolute atomic E-state index is 14.9. The highest BCUT2D eigenvalue weighted by atomic mass is 31.2. The summed E-state index contributed by atoms with van der Waals surface area (Å²) in [6.45, 7) is 5.81. The van der Waals surface area contributed by atoms with Crippen LogP contribution in [-0.2, 0) is 50.4 Å². The maximum atomic E-state index is 14.9. The SMILES string of the molecule is C#C[C@](CCn1cnc2c(N)nc(F)nc21)(COP(=O)(N[C@@H](Cc1ccccc1)C(=O)OCCCCCCCCCCCC)O[C@@H](C)C(=O)OCCCCCCCCCCCC)OC. The molecular formula is C48H76FN6O8P. The van der Waals surface area contributed by atoms with Crippen LogP contribution < -0.4 is 10.8 Å². The third-order valence-corrected chi connectivity index (χ3v) is 13.0. The average molecular weight is 915 g/mol. The molecule has 0 saturated carbocycles. The molecule has 2 heterocycles. The fourth-order valence-corrected chi connectivity index (χ4v) is 8.97. The summed E-state index contributed by atoms with van der Waals surface area (Å²) in [7, 11) is -3.24. The predicted octanol–water partition coefficient (Wildman–Crippen LogP) is 10.6. The number of aromatic nitrogens is 4. The number of aryl methyl sites for hydroxylation is 1. The number of nitrogens with zero attached hydrogens (tertiary/aromatic N) is 4. The number of anilines is 1. The number of imidazole rings is 1. The minimum Gasteiger partial charge on any atom is -0.465 e. The van der Waals surface area contributed by atoms with Gasteiger partial charge in [-0.05, 0) is 31.7 Å². The van der Waals surface area contributed by atoms with Crippen molar-refractivity contribution in [3.05, 3.63) is 48.3 Å². The van der Waals surface area contributed by atoms with Gasteiger partial charge in [0.1, 0.15) is 11.6 Å². The zero-order valence-corrected chi connectivity index (χ0v) is 39.9. The second-order valence-electron chi connectivity index (χ2n) is 16.7. The molecule has 0 saturated heterocycles.